The second-order valence-electron chi connectivity index (χ2n) is 4.78. The van der Waals surface area contributed by atoms with Crippen LogP contribution in [0.2, 0.25) is 0 Å². The second-order valence-corrected chi connectivity index (χ2v) is 8.80. The van der Waals surface area contributed by atoms with Crippen molar-refractivity contribution in [3.63, 3.8) is 0 Å². The molecule has 0 amide bonds. The predicted molar refractivity (Wildman–Crippen MR) is 80.1 cm³/mol. The molecule has 1 heterocycles. The molecule has 1 aliphatic rings. The minimum Gasteiger partial charge on any atom is -0.391 e. The van der Waals surface area contributed by atoms with Gasteiger partial charge in [-0.3, -0.25) is 0 Å². The number of nitrogens with one attached hydrogen (secondary N) is 1. The van der Waals surface area contributed by atoms with Crippen LogP contribution < -0.4 is 4.72 Å². The molecular weight excluding hydrogens is 302 g/mol. The Balaban J connectivity index is 2.10. The quantitative estimate of drug-likeness (QED) is 0.843. The van der Waals surface area contributed by atoms with Crippen molar-refractivity contribution in [1.29, 1.82) is 0 Å². The molecule has 1 aromatic rings. The summed E-state index contributed by atoms with van der Waals surface area (Å²) in [6.45, 7) is 0.235. The van der Waals surface area contributed by atoms with E-state index in [1.54, 1.807) is 23.2 Å². The lowest BCUT2D eigenvalue weighted by Crippen LogP contribution is -2.38. The zero-order valence-corrected chi connectivity index (χ0v) is 13.3. The van der Waals surface area contributed by atoms with E-state index in [4.69, 9.17) is 5.11 Å². The Morgan fingerprint density at radius 2 is 2.16 bits per heavy atom. The van der Waals surface area contributed by atoms with Crippen molar-refractivity contribution in [3.8, 4) is 0 Å². The fraction of sp³-hybridized carbons (Fsp3) is 0.667. The number of aliphatic hydroxyl groups is 1. The highest BCUT2D eigenvalue weighted by molar-refractivity contribution is 8.00. The van der Waals surface area contributed by atoms with E-state index in [1.165, 1.54) is 24.2 Å². The van der Waals surface area contributed by atoms with Gasteiger partial charge in [0.25, 0.3) is 0 Å². The van der Waals surface area contributed by atoms with E-state index < -0.39 is 10.0 Å². The van der Waals surface area contributed by atoms with Crippen LogP contribution in [-0.2, 0) is 16.6 Å². The smallest absolute Gasteiger partial charge is 0.241 e. The van der Waals surface area contributed by atoms with E-state index in [9.17, 15) is 8.42 Å². The summed E-state index contributed by atoms with van der Waals surface area (Å²) >= 11 is 3.02. The molecule has 0 aromatic carbocycles. The Kier molecular flexibility index (Phi) is 4.94. The average molecular weight is 321 g/mol. The lowest BCUT2D eigenvalue weighted by atomic mass is 10.1. The lowest BCUT2D eigenvalue weighted by Gasteiger charge is -2.26. The van der Waals surface area contributed by atoms with Gasteiger partial charge in [0.1, 0.15) is 0 Å². The Labute approximate surface area is 122 Å². The van der Waals surface area contributed by atoms with Gasteiger partial charge in [-0.1, -0.05) is 12.8 Å². The molecule has 0 atom stereocenters. The molecule has 1 aromatic heterocycles. The van der Waals surface area contributed by atoms with Gasteiger partial charge in [-0.05, 0) is 30.5 Å². The molecular formula is C12H19NO3S3. The summed E-state index contributed by atoms with van der Waals surface area (Å²) in [6, 6.07) is 1.55. The van der Waals surface area contributed by atoms with Crippen LogP contribution in [0.25, 0.3) is 0 Å². The molecule has 19 heavy (non-hydrogen) atoms. The first-order chi connectivity index (χ1) is 9.03. The minimum atomic E-state index is -3.51. The van der Waals surface area contributed by atoms with Gasteiger partial charge in [0.15, 0.2) is 0 Å². The third-order valence-corrected chi connectivity index (χ3v) is 7.61. The van der Waals surface area contributed by atoms with Gasteiger partial charge >= 0.3 is 0 Å². The normalized spacial score (nSPS) is 18.8. The SMILES string of the molecule is CSC1(CNS(=O)(=O)c2ccsc2CO)CCCC1. The largest absolute Gasteiger partial charge is 0.391 e. The van der Waals surface area contributed by atoms with Gasteiger partial charge in [-0.2, -0.15) is 11.8 Å². The second kappa shape index (κ2) is 6.13. The molecule has 2 N–H and O–H groups in total. The highest BCUT2D eigenvalue weighted by atomic mass is 32.2. The predicted octanol–water partition coefficient (Wildman–Crippen LogP) is 2.19. The molecule has 0 radical (unpaired) electrons. The molecule has 2 rings (SSSR count). The molecule has 1 saturated carbocycles. The molecule has 7 heteroatoms. The first kappa shape index (κ1) is 15.3. The molecule has 0 saturated heterocycles. The summed E-state index contributed by atoms with van der Waals surface area (Å²) in [6.07, 6.45) is 6.51. The molecule has 0 bridgehead atoms. The molecule has 0 aliphatic heterocycles. The minimum absolute atomic E-state index is 0.0441. The number of sulfonamides is 1. The number of rotatable bonds is 6. The number of thiophene rings is 1. The molecule has 4 nitrogen and oxygen atoms in total. The van der Waals surface area contributed by atoms with Crippen molar-refractivity contribution in [1.82, 2.24) is 4.72 Å². The van der Waals surface area contributed by atoms with Crippen molar-refractivity contribution in [2.45, 2.75) is 41.9 Å². The zero-order valence-electron chi connectivity index (χ0n) is 10.9. The molecule has 0 spiro atoms. The van der Waals surface area contributed by atoms with E-state index in [-0.39, 0.29) is 16.2 Å². The topological polar surface area (TPSA) is 66.4 Å². The van der Waals surface area contributed by atoms with Crippen LogP contribution in [0.4, 0.5) is 0 Å². The van der Waals surface area contributed by atoms with Crippen molar-refractivity contribution < 1.29 is 13.5 Å². The molecule has 0 unspecified atom stereocenters. The van der Waals surface area contributed by atoms with Gasteiger partial charge in [0.2, 0.25) is 10.0 Å². The number of hydrogen-bond donors (Lipinski definition) is 2. The number of hydrogen-bond acceptors (Lipinski definition) is 5. The Hall–Kier alpha value is -0.0800. The van der Waals surface area contributed by atoms with Gasteiger partial charge in [-0.15, -0.1) is 11.3 Å². The van der Waals surface area contributed by atoms with Crippen LogP contribution in [0.15, 0.2) is 16.3 Å². The summed E-state index contributed by atoms with van der Waals surface area (Å²) in [4.78, 5) is 0.714. The fourth-order valence-electron chi connectivity index (χ4n) is 2.46. The maximum Gasteiger partial charge on any atom is 0.241 e. The average Bonchev–Trinajstić information content (AvgIpc) is 3.06. The first-order valence-electron chi connectivity index (χ1n) is 6.25. The monoisotopic (exact) mass is 321 g/mol. The van der Waals surface area contributed by atoms with Crippen molar-refractivity contribution in [3.05, 3.63) is 16.3 Å². The van der Waals surface area contributed by atoms with Gasteiger partial charge in [0.05, 0.1) is 11.5 Å². The highest BCUT2D eigenvalue weighted by Crippen LogP contribution is 2.39. The van der Waals surface area contributed by atoms with Crippen LogP contribution in [0.1, 0.15) is 30.6 Å². The van der Waals surface area contributed by atoms with E-state index in [0.29, 0.717) is 11.4 Å². The van der Waals surface area contributed by atoms with Gasteiger partial charge < -0.3 is 5.11 Å². The van der Waals surface area contributed by atoms with E-state index in [1.807, 2.05) is 6.26 Å². The lowest BCUT2D eigenvalue weighted by molar-refractivity contribution is 0.282. The summed E-state index contributed by atoms with van der Waals surface area (Å²) in [5, 5.41) is 10.9. The third-order valence-electron chi connectivity index (χ3n) is 3.67. The van der Waals surface area contributed by atoms with Gasteiger partial charge in [-0.25, -0.2) is 13.1 Å². The summed E-state index contributed by atoms with van der Waals surface area (Å²) < 4.78 is 27.3. The van der Waals surface area contributed by atoms with E-state index in [2.05, 4.69) is 4.72 Å². The van der Waals surface area contributed by atoms with Crippen molar-refractivity contribution in [2.24, 2.45) is 0 Å². The van der Waals surface area contributed by atoms with Crippen molar-refractivity contribution >= 4 is 33.1 Å². The van der Waals surface area contributed by atoms with Crippen LogP contribution >= 0.6 is 23.1 Å². The summed E-state index contributed by atoms with van der Waals surface area (Å²) in [5.41, 5.74) is 0. The Morgan fingerprint density at radius 1 is 1.47 bits per heavy atom. The molecule has 108 valence electrons. The maximum atomic E-state index is 12.3. The molecule has 1 fully saturated rings. The van der Waals surface area contributed by atoms with Crippen LogP contribution in [-0.4, -0.2) is 31.1 Å². The standard InChI is InChI=1S/C12H19NO3S3/c1-17-12(5-2-3-6-12)9-13-19(15,16)11-4-7-18-10(11)8-14/h4,7,13-14H,2-3,5-6,8-9H2,1H3. The van der Waals surface area contributed by atoms with Gasteiger partial charge in [0, 0.05) is 16.2 Å². The summed E-state index contributed by atoms with van der Waals surface area (Å²) in [7, 11) is -3.51. The van der Waals surface area contributed by atoms with Crippen LogP contribution in [0.3, 0.4) is 0 Å². The summed E-state index contributed by atoms with van der Waals surface area (Å²) in [5.74, 6) is 0. The van der Waals surface area contributed by atoms with Crippen molar-refractivity contribution in [2.75, 3.05) is 12.8 Å². The first-order valence-corrected chi connectivity index (χ1v) is 9.84. The Bertz CT molecular complexity index is 518. The van der Waals surface area contributed by atoms with Crippen LogP contribution in [0.5, 0.6) is 0 Å². The highest BCUT2D eigenvalue weighted by Gasteiger charge is 2.34. The van der Waals surface area contributed by atoms with E-state index >= 15 is 0 Å². The number of aliphatic hydroxyl groups excluding tert-OH is 1. The fourth-order valence-corrected chi connectivity index (χ4v) is 5.89. The zero-order chi connectivity index (χ0) is 13.9. The third kappa shape index (κ3) is 3.33. The number of thioether (sulfide) groups is 1. The Morgan fingerprint density at radius 3 is 2.74 bits per heavy atom. The maximum absolute atomic E-state index is 12.3. The van der Waals surface area contributed by atoms with E-state index in [0.717, 1.165) is 12.8 Å². The van der Waals surface area contributed by atoms with Crippen LogP contribution in [0, 0.1) is 0 Å². The molecule has 1 aliphatic carbocycles.